The van der Waals surface area contributed by atoms with Gasteiger partial charge in [0.2, 0.25) is 0 Å². The first kappa shape index (κ1) is 16.8. The van der Waals surface area contributed by atoms with Gasteiger partial charge in [-0.05, 0) is 24.6 Å². The summed E-state index contributed by atoms with van der Waals surface area (Å²) in [5.41, 5.74) is 1.10. The lowest BCUT2D eigenvalue weighted by Crippen LogP contribution is -2.30. The molecular formula is C19H21N3O3. The third-order valence-corrected chi connectivity index (χ3v) is 3.85. The third kappa shape index (κ3) is 4.29. The monoisotopic (exact) mass is 339 g/mol. The van der Waals surface area contributed by atoms with Crippen molar-refractivity contribution >= 4 is 16.8 Å². The Hall–Kier alpha value is -3.02. The minimum absolute atomic E-state index is 0.0366. The lowest BCUT2D eigenvalue weighted by atomic mass is 10.2. The van der Waals surface area contributed by atoms with Gasteiger partial charge in [-0.15, -0.1) is 0 Å². The summed E-state index contributed by atoms with van der Waals surface area (Å²) in [6.45, 7) is 1.29. The van der Waals surface area contributed by atoms with Crippen LogP contribution < -0.4 is 14.8 Å². The lowest BCUT2D eigenvalue weighted by Gasteiger charge is -2.10. The second-order valence-corrected chi connectivity index (χ2v) is 5.57. The number of hydrogen-bond acceptors (Lipinski definition) is 4. The number of aryl methyl sites for hydroxylation is 1. The van der Waals surface area contributed by atoms with Crippen molar-refractivity contribution in [2.45, 2.75) is 13.0 Å². The molecule has 1 aromatic heterocycles. The van der Waals surface area contributed by atoms with Crippen LogP contribution in [-0.4, -0.2) is 35.9 Å². The fraction of sp³-hybridized carbons (Fsp3) is 0.263. The highest BCUT2D eigenvalue weighted by molar-refractivity contribution is 5.78. The molecule has 25 heavy (non-hydrogen) atoms. The van der Waals surface area contributed by atoms with Gasteiger partial charge in [0.15, 0.2) is 18.1 Å². The predicted molar refractivity (Wildman–Crippen MR) is 95.8 cm³/mol. The molecule has 2 aromatic carbocycles. The summed E-state index contributed by atoms with van der Waals surface area (Å²) in [5.74, 6) is 1.01. The second kappa shape index (κ2) is 8.19. The van der Waals surface area contributed by atoms with Crippen molar-refractivity contribution in [3.63, 3.8) is 0 Å². The summed E-state index contributed by atoms with van der Waals surface area (Å²) in [5, 5.41) is 8.35. The van der Waals surface area contributed by atoms with Crippen LogP contribution in [0.15, 0.2) is 54.7 Å². The number of para-hydroxylation sites is 3. The van der Waals surface area contributed by atoms with E-state index in [0.29, 0.717) is 18.0 Å². The van der Waals surface area contributed by atoms with Crippen molar-refractivity contribution in [1.29, 1.82) is 0 Å². The van der Waals surface area contributed by atoms with Crippen molar-refractivity contribution in [3.05, 3.63) is 54.7 Å². The highest BCUT2D eigenvalue weighted by Gasteiger charge is 2.07. The zero-order valence-electron chi connectivity index (χ0n) is 14.1. The normalized spacial score (nSPS) is 10.6. The Morgan fingerprint density at radius 1 is 1.12 bits per heavy atom. The smallest absolute Gasteiger partial charge is 0.257 e. The molecule has 6 nitrogen and oxygen atoms in total. The van der Waals surface area contributed by atoms with Crippen LogP contribution in [0.5, 0.6) is 11.5 Å². The number of carbonyl (C=O) groups excluding carboxylic acids is 1. The van der Waals surface area contributed by atoms with Gasteiger partial charge in [-0.25, -0.2) is 0 Å². The molecular weight excluding hydrogens is 318 g/mol. The first-order chi connectivity index (χ1) is 12.3. The fourth-order valence-corrected chi connectivity index (χ4v) is 2.59. The number of fused-ring (bicyclic) bond motifs is 1. The summed E-state index contributed by atoms with van der Waals surface area (Å²) >= 11 is 0. The quantitative estimate of drug-likeness (QED) is 0.641. The van der Waals surface area contributed by atoms with E-state index < -0.39 is 0 Å². The molecule has 130 valence electrons. The van der Waals surface area contributed by atoms with Crippen LogP contribution in [0.3, 0.4) is 0 Å². The lowest BCUT2D eigenvalue weighted by molar-refractivity contribution is -0.123. The predicted octanol–water partition coefficient (Wildman–Crippen LogP) is 2.63. The zero-order chi connectivity index (χ0) is 17.5. The Balaban J connectivity index is 1.41. The van der Waals surface area contributed by atoms with Crippen molar-refractivity contribution in [3.8, 4) is 11.5 Å². The molecule has 0 aliphatic rings. The third-order valence-electron chi connectivity index (χ3n) is 3.85. The van der Waals surface area contributed by atoms with Crippen LogP contribution in [0.25, 0.3) is 10.9 Å². The number of amides is 1. The Morgan fingerprint density at radius 3 is 2.72 bits per heavy atom. The van der Waals surface area contributed by atoms with Crippen LogP contribution in [0.1, 0.15) is 6.42 Å². The Kier molecular flexibility index (Phi) is 5.51. The van der Waals surface area contributed by atoms with Crippen LogP contribution in [0, 0.1) is 0 Å². The van der Waals surface area contributed by atoms with Crippen LogP contribution in [0.4, 0.5) is 0 Å². The van der Waals surface area contributed by atoms with Gasteiger partial charge in [0, 0.05) is 18.5 Å². The standard InChI is InChI=1S/C19H21N3O3/c1-24-17-9-4-5-10-18(17)25-14-19(23)20-11-6-12-22-16-8-3-2-7-15(16)13-21-22/h2-5,7-10,13H,6,11-12,14H2,1H3,(H,20,23). The number of rotatable bonds is 8. The topological polar surface area (TPSA) is 65.4 Å². The Bertz CT molecular complexity index is 845. The van der Waals surface area contributed by atoms with Gasteiger partial charge in [-0.3, -0.25) is 9.48 Å². The Labute approximate surface area is 146 Å². The largest absolute Gasteiger partial charge is 0.493 e. The van der Waals surface area contributed by atoms with Gasteiger partial charge in [-0.2, -0.15) is 5.10 Å². The molecule has 0 unspecified atom stereocenters. The van der Waals surface area contributed by atoms with E-state index in [1.54, 1.807) is 19.2 Å². The molecule has 6 heteroatoms. The average molecular weight is 339 g/mol. The van der Waals surface area contributed by atoms with E-state index in [1.807, 2.05) is 47.3 Å². The minimum atomic E-state index is -0.156. The van der Waals surface area contributed by atoms with Crippen molar-refractivity contribution in [1.82, 2.24) is 15.1 Å². The molecule has 0 saturated heterocycles. The molecule has 0 aliphatic carbocycles. The summed E-state index contributed by atoms with van der Waals surface area (Å²) in [6, 6.07) is 15.3. The fourth-order valence-electron chi connectivity index (χ4n) is 2.59. The van der Waals surface area contributed by atoms with E-state index >= 15 is 0 Å². The van der Waals surface area contributed by atoms with E-state index in [4.69, 9.17) is 9.47 Å². The van der Waals surface area contributed by atoms with Crippen LogP contribution in [0.2, 0.25) is 0 Å². The minimum Gasteiger partial charge on any atom is -0.493 e. The summed E-state index contributed by atoms with van der Waals surface area (Å²) < 4.78 is 12.6. The number of aromatic nitrogens is 2. The maximum atomic E-state index is 11.9. The zero-order valence-corrected chi connectivity index (χ0v) is 14.1. The van der Waals surface area contributed by atoms with Gasteiger partial charge in [0.05, 0.1) is 18.8 Å². The van der Waals surface area contributed by atoms with Crippen LogP contribution >= 0.6 is 0 Å². The number of ether oxygens (including phenoxy) is 2. The van der Waals surface area contributed by atoms with Gasteiger partial charge < -0.3 is 14.8 Å². The molecule has 0 spiro atoms. The number of hydrogen-bond donors (Lipinski definition) is 1. The molecule has 1 N–H and O–H groups in total. The maximum Gasteiger partial charge on any atom is 0.257 e. The number of methoxy groups -OCH3 is 1. The maximum absolute atomic E-state index is 11.9. The molecule has 0 aliphatic heterocycles. The number of nitrogens with zero attached hydrogens (tertiary/aromatic N) is 2. The highest BCUT2D eigenvalue weighted by Crippen LogP contribution is 2.25. The van der Waals surface area contributed by atoms with Crippen LogP contribution in [-0.2, 0) is 11.3 Å². The molecule has 1 amide bonds. The summed E-state index contributed by atoms with van der Waals surface area (Å²) in [7, 11) is 1.57. The first-order valence-electron chi connectivity index (χ1n) is 8.21. The second-order valence-electron chi connectivity index (χ2n) is 5.57. The van der Waals surface area contributed by atoms with Crippen molar-refractivity contribution in [2.75, 3.05) is 20.3 Å². The summed E-state index contributed by atoms with van der Waals surface area (Å²) in [4.78, 5) is 11.9. The molecule has 0 fully saturated rings. The van der Waals surface area contributed by atoms with E-state index in [-0.39, 0.29) is 12.5 Å². The average Bonchev–Trinajstić information content (AvgIpc) is 3.07. The molecule has 0 saturated carbocycles. The van der Waals surface area contributed by atoms with Crippen molar-refractivity contribution < 1.29 is 14.3 Å². The molecule has 0 bridgehead atoms. The number of nitrogens with one attached hydrogen (secondary N) is 1. The molecule has 3 rings (SSSR count). The first-order valence-corrected chi connectivity index (χ1v) is 8.21. The number of carbonyl (C=O) groups is 1. The van der Waals surface area contributed by atoms with Gasteiger partial charge in [0.1, 0.15) is 0 Å². The van der Waals surface area contributed by atoms with Crippen molar-refractivity contribution in [2.24, 2.45) is 0 Å². The number of benzene rings is 2. The van der Waals surface area contributed by atoms with E-state index in [1.165, 1.54) is 0 Å². The van der Waals surface area contributed by atoms with Gasteiger partial charge in [-0.1, -0.05) is 30.3 Å². The molecule has 3 aromatic rings. The van der Waals surface area contributed by atoms with Gasteiger partial charge in [0.25, 0.3) is 5.91 Å². The molecule has 0 atom stereocenters. The van der Waals surface area contributed by atoms with E-state index in [0.717, 1.165) is 23.9 Å². The van der Waals surface area contributed by atoms with E-state index in [2.05, 4.69) is 10.4 Å². The summed E-state index contributed by atoms with van der Waals surface area (Å²) in [6.07, 6.45) is 2.65. The van der Waals surface area contributed by atoms with Gasteiger partial charge >= 0.3 is 0 Å². The van der Waals surface area contributed by atoms with E-state index in [9.17, 15) is 4.79 Å². The highest BCUT2D eigenvalue weighted by atomic mass is 16.5. The Morgan fingerprint density at radius 2 is 1.88 bits per heavy atom. The SMILES string of the molecule is COc1ccccc1OCC(=O)NCCCn1ncc2ccccc21. The molecule has 0 radical (unpaired) electrons. The molecule has 1 heterocycles.